The highest BCUT2D eigenvalue weighted by Crippen LogP contribution is 2.27. The molecule has 7 heteroatoms. The first-order valence-corrected chi connectivity index (χ1v) is 9.02. The van der Waals surface area contributed by atoms with E-state index in [1.165, 1.54) is 0 Å². The smallest absolute Gasteiger partial charge is 0.323 e. The van der Waals surface area contributed by atoms with Crippen molar-refractivity contribution in [2.75, 3.05) is 31.5 Å². The van der Waals surface area contributed by atoms with Gasteiger partial charge in [0.25, 0.3) is 0 Å². The zero-order chi connectivity index (χ0) is 17.4. The number of likely N-dealkylation sites (tertiary alicyclic amines) is 1. The molecule has 0 aliphatic carbocycles. The summed E-state index contributed by atoms with van der Waals surface area (Å²) in [4.78, 5) is 14.6. The minimum absolute atomic E-state index is 0.0466. The number of hydrogen-bond donors (Lipinski definition) is 2. The summed E-state index contributed by atoms with van der Waals surface area (Å²) in [5.74, 6) is 1.87. The van der Waals surface area contributed by atoms with Crippen LogP contribution in [-0.4, -0.2) is 46.9 Å². The normalized spacial score (nSPS) is 22.2. The van der Waals surface area contributed by atoms with Gasteiger partial charge in [0.2, 0.25) is 0 Å². The Kier molecular flexibility index (Phi) is 4.39. The molecule has 2 fully saturated rings. The minimum atomic E-state index is -0.0466. The van der Waals surface area contributed by atoms with Crippen molar-refractivity contribution in [2.24, 2.45) is 11.8 Å². The molecule has 1 aromatic carbocycles. The van der Waals surface area contributed by atoms with E-state index >= 15 is 0 Å². The summed E-state index contributed by atoms with van der Waals surface area (Å²) < 4.78 is 1.80. The SMILES string of the molecule is Cc1cc(NC(=O)N2C[C@H]3CNC[C@H]3C2)n(Cc2ccccc2Cl)n1. The monoisotopic (exact) mass is 359 g/mol. The molecule has 3 heterocycles. The average molecular weight is 360 g/mol. The minimum Gasteiger partial charge on any atom is -0.324 e. The van der Waals surface area contributed by atoms with Gasteiger partial charge >= 0.3 is 6.03 Å². The Morgan fingerprint density at radius 3 is 2.76 bits per heavy atom. The topological polar surface area (TPSA) is 62.2 Å². The molecule has 2 amide bonds. The van der Waals surface area contributed by atoms with Gasteiger partial charge in [0.05, 0.1) is 12.2 Å². The van der Waals surface area contributed by atoms with Gasteiger partial charge in [-0.3, -0.25) is 5.32 Å². The predicted octanol–water partition coefficient (Wildman–Crippen LogP) is 2.58. The molecule has 6 nitrogen and oxygen atoms in total. The average Bonchev–Trinajstić information content (AvgIpc) is 3.24. The van der Waals surface area contributed by atoms with Crippen LogP contribution in [0.1, 0.15) is 11.3 Å². The molecule has 132 valence electrons. The Bertz CT molecular complexity index is 778. The summed E-state index contributed by atoms with van der Waals surface area (Å²) in [6, 6.07) is 9.54. The molecule has 2 aromatic rings. The lowest BCUT2D eigenvalue weighted by Gasteiger charge is -2.18. The number of aromatic nitrogens is 2. The molecule has 2 aliphatic heterocycles. The number of carbonyl (C=O) groups is 1. The fourth-order valence-corrected chi connectivity index (χ4v) is 3.96. The van der Waals surface area contributed by atoms with E-state index in [0.29, 0.717) is 29.2 Å². The summed E-state index contributed by atoms with van der Waals surface area (Å²) >= 11 is 6.25. The lowest BCUT2D eigenvalue weighted by atomic mass is 10.0. The van der Waals surface area contributed by atoms with E-state index in [0.717, 1.165) is 37.4 Å². The fraction of sp³-hybridized carbons (Fsp3) is 0.444. The highest BCUT2D eigenvalue weighted by Gasteiger charge is 2.38. The van der Waals surface area contributed by atoms with Gasteiger partial charge in [-0.05, 0) is 30.4 Å². The number of rotatable bonds is 3. The predicted molar refractivity (Wildman–Crippen MR) is 98.0 cm³/mol. The molecule has 0 radical (unpaired) electrons. The van der Waals surface area contributed by atoms with Gasteiger partial charge in [0, 0.05) is 37.3 Å². The molecule has 25 heavy (non-hydrogen) atoms. The van der Waals surface area contributed by atoms with E-state index in [2.05, 4.69) is 15.7 Å². The van der Waals surface area contributed by atoms with Gasteiger partial charge in [-0.1, -0.05) is 29.8 Å². The molecule has 0 saturated carbocycles. The van der Waals surface area contributed by atoms with Crippen molar-refractivity contribution in [3.8, 4) is 0 Å². The number of hydrogen-bond acceptors (Lipinski definition) is 3. The second-order valence-electron chi connectivity index (χ2n) is 6.93. The Hall–Kier alpha value is -2.05. The van der Waals surface area contributed by atoms with Crippen LogP contribution >= 0.6 is 11.6 Å². The molecule has 1 aromatic heterocycles. The van der Waals surface area contributed by atoms with Crippen LogP contribution in [0.25, 0.3) is 0 Å². The van der Waals surface area contributed by atoms with Crippen molar-refractivity contribution in [2.45, 2.75) is 13.5 Å². The third-order valence-electron chi connectivity index (χ3n) is 5.09. The maximum Gasteiger partial charge on any atom is 0.323 e. The summed E-state index contributed by atoms with van der Waals surface area (Å²) in [6.07, 6.45) is 0. The Balaban J connectivity index is 1.47. The maximum atomic E-state index is 12.7. The van der Waals surface area contributed by atoms with Gasteiger partial charge in [-0.2, -0.15) is 5.10 Å². The zero-order valence-electron chi connectivity index (χ0n) is 14.2. The number of nitrogens with one attached hydrogen (secondary N) is 2. The first kappa shape index (κ1) is 16.4. The number of benzene rings is 1. The number of amides is 2. The number of urea groups is 1. The van der Waals surface area contributed by atoms with Gasteiger partial charge in [0.1, 0.15) is 5.82 Å². The molecule has 2 saturated heterocycles. The number of fused-ring (bicyclic) bond motifs is 1. The molecule has 4 rings (SSSR count). The molecular formula is C18H22ClN5O. The molecular weight excluding hydrogens is 338 g/mol. The number of carbonyl (C=O) groups excluding carboxylic acids is 1. The highest BCUT2D eigenvalue weighted by atomic mass is 35.5. The molecule has 2 N–H and O–H groups in total. The van der Waals surface area contributed by atoms with Crippen LogP contribution in [0, 0.1) is 18.8 Å². The third kappa shape index (κ3) is 3.37. The molecule has 2 aliphatic rings. The van der Waals surface area contributed by atoms with Gasteiger partial charge in [-0.15, -0.1) is 0 Å². The standard InChI is InChI=1S/C18H22ClN5O/c1-12-6-17(24(22-12)11-13-4-2-3-5-16(13)19)21-18(25)23-9-14-7-20-8-15(14)10-23/h2-6,14-15,20H,7-11H2,1H3,(H,21,25)/t14-,15+. The summed E-state index contributed by atoms with van der Waals surface area (Å²) in [5, 5.41) is 11.6. The van der Waals surface area contributed by atoms with E-state index in [4.69, 9.17) is 11.6 Å². The fourth-order valence-electron chi connectivity index (χ4n) is 3.76. The zero-order valence-corrected chi connectivity index (χ0v) is 15.0. The Labute approximate surface area is 152 Å². The largest absolute Gasteiger partial charge is 0.324 e. The van der Waals surface area contributed by atoms with Crippen LogP contribution < -0.4 is 10.6 Å². The van der Waals surface area contributed by atoms with Crippen molar-refractivity contribution >= 4 is 23.4 Å². The number of nitrogens with zero attached hydrogens (tertiary/aromatic N) is 3. The number of anilines is 1. The molecule has 0 bridgehead atoms. The van der Waals surface area contributed by atoms with Gasteiger partial charge in [0.15, 0.2) is 0 Å². The van der Waals surface area contributed by atoms with Crippen LogP contribution in [0.5, 0.6) is 0 Å². The quantitative estimate of drug-likeness (QED) is 0.885. The summed E-state index contributed by atoms with van der Waals surface area (Å²) in [5.41, 5.74) is 1.84. The summed E-state index contributed by atoms with van der Waals surface area (Å²) in [6.45, 7) is 6.11. The molecule has 0 spiro atoms. The second-order valence-corrected chi connectivity index (χ2v) is 7.34. The van der Waals surface area contributed by atoms with Crippen molar-refractivity contribution in [3.63, 3.8) is 0 Å². The highest BCUT2D eigenvalue weighted by molar-refractivity contribution is 6.31. The lowest BCUT2D eigenvalue weighted by Crippen LogP contribution is -2.35. The second kappa shape index (κ2) is 6.69. The van der Waals surface area contributed by atoms with E-state index in [9.17, 15) is 4.79 Å². The van der Waals surface area contributed by atoms with Crippen molar-refractivity contribution in [1.82, 2.24) is 20.0 Å². The Morgan fingerprint density at radius 2 is 2.04 bits per heavy atom. The molecule has 0 unspecified atom stereocenters. The van der Waals surface area contributed by atoms with Crippen molar-refractivity contribution in [1.29, 1.82) is 0 Å². The van der Waals surface area contributed by atoms with Crippen LogP contribution in [-0.2, 0) is 6.54 Å². The lowest BCUT2D eigenvalue weighted by molar-refractivity contribution is 0.219. The van der Waals surface area contributed by atoms with E-state index in [1.54, 1.807) is 4.68 Å². The van der Waals surface area contributed by atoms with Crippen molar-refractivity contribution in [3.05, 3.63) is 46.6 Å². The van der Waals surface area contributed by atoms with Crippen molar-refractivity contribution < 1.29 is 4.79 Å². The Morgan fingerprint density at radius 1 is 1.32 bits per heavy atom. The first-order valence-electron chi connectivity index (χ1n) is 8.64. The van der Waals surface area contributed by atoms with E-state index in [1.807, 2.05) is 42.2 Å². The van der Waals surface area contributed by atoms with Gasteiger partial charge in [-0.25, -0.2) is 9.48 Å². The number of halogens is 1. The van der Waals surface area contributed by atoms with E-state index < -0.39 is 0 Å². The van der Waals surface area contributed by atoms with Gasteiger partial charge < -0.3 is 10.2 Å². The first-order chi connectivity index (χ1) is 12.1. The van der Waals surface area contributed by atoms with Crippen LogP contribution in [0.15, 0.2) is 30.3 Å². The van der Waals surface area contributed by atoms with Crippen LogP contribution in [0.2, 0.25) is 5.02 Å². The van der Waals surface area contributed by atoms with Crippen LogP contribution in [0.4, 0.5) is 10.6 Å². The maximum absolute atomic E-state index is 12.7. The summed E-state index contributed by atoms with van der Waals surface area (Å²) in [7, 11) is 0. The third-order valence-corrected chi connectivity index (χ3v) is 5.46. The number of aryl methyl sites for hydroxylation is 1. The van der Waals surface area contributed by atoms with E-state index in [-0.39, 0.29) is 6.03 Å². The van der Waals surface area contributed by atoms with Crippen LogP contribution in [0.3, 0.4) is 0 Å². The molecule has 2 atom stereocenters.